The third-order valence-corrected chi connectivity index (χ3v) is 5.49. The molecular formula is C24H23F3N6S. The summed E-state index contributed by atoms with van der Waals surface area (Å²) in [5.41, 5.74) is 2.98. The number of hydrogen-bond acceptors (Lipinski definition) is 3. The summed E-state index contributed by atoms with van der Waals surface area (Å²) in [5.74, 6) is 1.08. The van der Waals surface area contributed by atoms with Crippen molar-refractivity contribution in [3.05, 3.63) is 94.8 Å². The highest BCUT2D eigenvalue weighted by Gasteiger charge is 2.30. The van der Waals surface area contributed by atoms with E-state index < -0.39 is 11.7 Å². The second-order valence-corrected chi connectivity index (χ2v) is 8.34. The van der Waals surface area contributed by atoms with E-state index in [1.165, 1.54) is 17.2 Å². The number of anilines is 2. The highest BCUT2D eigenvalue weighted by Crippen LogP contribution is 2.29. The van der Waals surface area contributed by atoms with Gasteiger partial charge < -0.3 is 10.6 Å². The summed E-state index contributed by atoms with van der Waals surface area (Å²) < 4.78 is 42.4. The number of benzene rings is 2. The number of aromatic nitrogens is 4. The SMILES string of the molecule is Cc1ccccc1Cn1ccc(NC(=S)Nc2cc(C)n(Cc3cccc(C(F)(F)F)c3)n2)n1. The van der Waals surface area contributed by atoms with E-state index in [0.29, 0.717) is 28.9 Å². The minimum atomic E-state index is -4.38. The van der Waals surface area contributed by atoms with Crippen LogP contribution < -0.4 is 10.6 Å². The van der Waals surface area contributed by atoms with Crippen molar-refractivity contribution in [1.82, 2.24) is 19.6 Å². The molecule has 6 nitrogen and oxygen atoms in total. The molecule has 0 aliphatic rings. The van der Waals surface area contributed by atoms with Crippen LogP contribution in [0.15, 0.2) is 66.9 Å². The molecule has 0 saturated carbocycles. The van der Waals surface area contributed by atoms with E-state index in [2.05, 4.69) is 39.9 Å². The van der Waals surface area contributed by atoms with E-state index in [1.54, 1.807) is 16.8 Å². The number of nitrogens with one attached hydrogen (secondary N) is 2. The van der Waals surface area contributed by atoms with Crippen molar-refractivity contribution in [1.29, 1.82) is 0 Å². The summed E-state index contributed by atoms with van der Waals surface area (Å²) in [6.07, 6.45) is -2.52. The molecule has 10 heteroatoms. The Morgan fingerprint density at radius 2 is 1.68 bits per heavy atom. The van der Waals surface area contributed by atoms with Crippen molar-refractivity contribution in [3.8, 4) is 0 Å². The maximum absolute atomic E-state index is 13.0. The zero-order valence-electron chi connectivity index (χ0n) is 18.6. The molecule has 0 spiro atoms. The van der Waals surface area contributed by atoms with Crippen LogP contribution in [0.1, 0.15) is 27.9 Å². The number of alkyl halides is 3. The molecule has 0 aliphatic carbocycles. The third kappa shape index (κ3) is 5.82. The fraction of sp³-hybridized carbons (Fsp3) is 0.208. The first-order valence-electron chi connectivity index (χ1n) is 10.5. The maximum Gasteiger partial charge on any atom is 0.416 e. The molecule has 0 aliphatic heterocycles. The van der Waals surface area contributed by atoms with Gasteiger partial charge in [0.1, 0.15) is 0 Å². The minimum Gasteiger partial charge on any atom is -0.316 e. The largest absolute Gasteiger partial charge is 0.416 e. The van der Waals surface area contributed by atoms with Gasteiger partial charge in [-0.2, -0.15) is 23.4 Å². The van der Waals surface area contributed by atoms with Crippen molar-refractivity contribution in [3.63, 3.8) is 0 Å². The van der Waals surface area contributed by atoms with Crippen LogP contribution in [0.3, 0.4) is 0 Å². The predicted molar refractivity (Wildman–Crippen MR) is 130 cm³/mol. The van der Waals surface area contributed by atoms with Crippen LogP contribution in [-0.4, -0.2) is 24.7 Å². The minimum absolute atomic E-state index is 0.209. The Bertz CT molecular complexity index is 1310. The Kier molecular flexibility index (Phi) is 6.69. The summed E-state index contributed by atoms with van der Waals surface area (Å²) in [4.78, 5) is 0. The van der Waals surface area contributed by atoms with E-state index in [1.807, 2.05) is 36.0 Å². The van der Waals surface area contributed by atoms with E-state index >= 15 is 0 Å². The normalized spacial score (nSPS) is 11.4. The highest BCUT2D eigenvalue weighted by molar-refractivity contribution is 7.80. The lowest BCUT2D eigenvalue weighted by Crippen LogP contribution is -2.20. The molecule has 2 N–H and O–H groups in total. The number of thiocarbonyl (C=S) groups is 1. The lowest BCUT2D eigenvalue weighted by molar-refractivity contribution is -0.137. The summed E-state index contributed by atoms with van der Waals surface area (Å²) in [6.45, 7) is 4.75. The molecule has 0 amide bonds. The van der Waals surface area contributed by atoms with Crippen LogP contribution in [0.25, 0.3) is 0 Å². The van der Waals surface area contributed by atoms with E-state index in [0.717, 1.165) is 17.8 Å². The quantitative estimate of drug-likeness (QED) is 0.348. The molecule has 2 heterocycles. The molecule has 0 atom stereocenters. The van der Waals surface area contributed by atoms with E-state index in [-0.39, 0.29) is 6.54 Å². The topological polar surface area (TPSA) is 59.7 Å². The summed E-state index contributed by atoms with van der Waals surface area (Å²) in [6, 6.07) is 16.9. The van der Waals surface area contributed by atoms with Crippen LogP contribution in [-0.2, 0) is 19.3 Å². The Morgan fingerprint density at radius 1 is 0.912 bits per heavy atom. The average Bonchev–Trinajstić information content (AvgIpc) is 3.35. The highest BCUT2D eigenvalue weighted by atomic mass is 32.1. The maximum atomic E-state index is 13.0. The van der Waals surface area contributed by atoms with Gasteiger partial charge >= 0.3 is 6.18 Å². The molecule has 0 bridgehead atoms. The van der Waals surface area contributed by atoms with Gasteiger partial charge in [0.15, 0.2) is 16.7 Å². The first-order valence-corrected chi connectivity index (χ1v) is 10.9. The standard InChI is InChI=1S/C24H23F3N6S/c1-16-6-3-4-8-19(16)15-32-11-10-21(30-32)28-23(34)29-22-12-17(2)33(31-22)14-18-7-5-9-20(13-18)24(25,26)27/h3-13H,14-15H2,1-2H3,(H2,28,29,30,31,34). The van der Waals surface area contributed by atoms with Crippen molar-refractivity contribution < 1.29 is 13.2 Å². The Morgan fingerprint density at radius 3 is 2.44 bits per heavy atom. The molecule has 4 rings (SSSR count). The second kappa shape index (κ2) is 9.68. The van der Waals surface area contributed by atoms with Crippen LogP contribution in [0, 0.1) is 13.8 Å². The van der Waals surface area contributed by atoms with Gasteiger partial charge in [-0.25, -0.2) is 0 Å². The zero-order chi connectivity index (χ0) is 24.3. The van der Waals surface area contributed by atoms with Gasteiger partial charge in [0.25, 0.3) is 0 Å². The lowest BCUT2D eigenvalue weighted by Gasteiger charge is -2.10. The first kappa shape index (κ1) is 23.5. The molecular weight excluding hydrogens is 461 g/mol. The fourth-order valence-electron chi connectivity index (χ4n) is 3.49. The van der Waals surface area contributed by atoms with Gasteiger partial charge in [0, 0.05) is 24.0 Å². The molecule has 0 saturated heterocycles. The van der Waals surface area contributed by atoms with Gasteiger partial charge in [-0.15, -0.1) is 0 Å². The van der Waals surface area contributed by atoms with E-state index in [4.69, 9.17) is 12.2 Å². The lowest BCUT2D eigenvalue weighted by atomic mass is 10.1. The van der Waals surface area contributed by atoms with Crippen LogP contribution in [0.5, 0.6) is 0 Å². The molecule has 2 aromatic heterocycles. The van der Waals surface area contributed by atoms with E-state index in [9.17, 15) is 13.2 Å². The van der Waals surface area contributed by atoms with Gasteiger partial charge in [-0.1, -0.05) is 36.4 Å². The number of rotatable bonds is 6. The molecule has 0 unspecified atom stereocenters. The van der Waals surface area contributed by atoms with Gasteiger partial charge in [0.05, 0.1) is 18.7 Å². The molecule has 2 aromatic carbocycles. The van der Waals surface area contributed by atoms with Gasteiger partial charge in [-0.3, -0.25) is 9.36 Å². The van der Waals surface area contributed by atoms with Gasteiger partial charge in [0.2, 0.25) is 0 Å². The summed E-state index contributed by atoms with van der Waals surface area (Å²) in [7, 11) is 0. The molecule has 0 radical (unpaired) electrons. The van der Waals surface area contributed by atoms with Crippen LogP contribution in [0.2, 0.25) is 0 Å². The molecule has 34 heavy (non-hydrogen) atoms. The number of aryl methyl sites for hydroxylation is 2. The average molecular weight is 485 g/mol. The monoisotopic (exact) mass is 484 g/mol. The van der Waals surface area contributed by atoms with Crippen molar-refractivity contribution in [2.45, 2.75) is 33.1 Å². The Hall–Kier alpha value is -3.66. The van der Waals surface area contributed by atoms with Crippen LogP contribution >= 0.6 is 12.2 Å². The predicted octanol–water partition coefficient (Wildman–Crippen LogP) is 5.62. The van der Waals surface area contributed by atoms with Crippen molar-refractivity contribution in [2.24, 2.45) is 0 Å². The molecule has 4 aromatic rings. The number of nitrogens with zero attached hydrogens (tertiary/aromatic N) is 4. The smallest absolute Gasteiger partial charge is 0.316 e. The van der Waals surface area contributed by atoms with Gasteiger partial charge in [-0.05, 0) is 54.9 Å². The Labute approximate surface area is 200 Å². The van der Waals surface area contributed by atoms with Crippen molar-refractivity contribution >= 4 is 29.0 Å². The summed E-state index contributed by atoms with van der Waals surface area (Å²) in [5, 5.41) is 15.3. The van der Waals surface area contributed by atoms with Crippen LogP contribution in [0.4, 0.5) is 24.8 Å². The zero-order valence-corrected chi connectivity index (χ0v) is 19.4. The van der Waals surface area contributed by atoms with Crippen molar-refractivity contribution in [2.75, 3.05) is 10.6 Å². The Balaban J connectivity index is 1.37. The molecule has 0 fully saturated rings. The molecule has 176 valence electrons. The second-order valence-electron chi connectivity index (χ2n) is 7.93. The fourth-order valence-corrected chi connectivity index (χ4v) is 3.70. The number of hydrogen-bond donors (Lipinski definition) is 2. The first-order chi connectivity index (χ1) is 16.2. The number of halogens is 3. The summed E-state index contributed by atoms with van der Waals surface area (Å²) >= 11 is 5.37. The third-order valence-electron chi connectivity index (χ3n) is 5.29.